The molecule has 7 nitrogen and oxygen atoms in total. The molecule has 0 aromatic carbocycles. The second-order valence-electron chi connectivity index (χ2n) is 10.3. The number of hydroxylamine groups is 2. The molecule has 1 fully saturated rings. The Hall–Kier alpha value is -1.15. The lowest BCUT2D eigenvalue weighted by molar-refractivity contribution is -0.200. The van der Waals surface area contributed by atoms with Gasteiger partial charge >= 0.3 is 11.9 Å². The van der Waals surface area contributed by atoms with Crippen LogP contribution < -0.4 is 0 Å². The SMILES string of the molecule is CC(C(=O)ON1CCCC1=O)C(C)(C)CC(C)(C(=O)OC(C)(C)CCO)C(C)(C)Br. The molecule has 1 amide bonds. The minimum absolute atomic E-state index is 0.0850. The van der Waals surface area contributed by atoms with Crippen LogP contribution in [0.4, 0.5) is 0 Å². The highest BCUT2D eigenvalue weighted by Gasteiger charge is 2.53. The van der Waals surface area contributed by atoms with Crippen LogP contribution in [0.5, 0.6) is 0 Å². The number of alkyl halides is 1. The molecule has 174 valence electrons. The zero-order chi connectivity index (χ0) is 23.5. The van der Waals surface area contributed by atoms with Crippen LogP contribution in [0.3, 0.4) is 0 Å². The molecule has 0 saturated carbocycles. The predicted octanol–water partition coefficient (Wildman–Crippen LogP) is 4.00. The summed E-state index contributed by atoms with van der Waals surface area (Å²) in [5, 5.41) is 10.4. The van der Waals surface area contributed by atoms with Crippen molar-refractivity contribution in [2.45, 2.75) is 91.0 Å². The summed E-state index contributed by atoms with van der Waals surface area (Å²) in [6, 6.07) is 0. The number of hydrogen-bond donors (Lipinski definition) is 1. The molecule has 0 radical (unpaired) electrons. The van der Waals surface area contributed by atoms with Gasteiger partial charge in [0.05, 0.1) is 17.9 Å². The Morgan fingerprint density at radius 2 is 1.73 bits per heavy atom. The van der Waals surface area contributed by atoms with E-state index in [2.05, 4.69) is 15.9 Å². The monoisotopic (exact) mass is 491 g/mol. The third kappa shape index (κ3) is 6.42. The number of aliphatic hydroxyl groups is 1. The van der Waals surface area contributed by atoms with E-state index < -0.39 is 38.6 Å². The number of hydrogen-bond acceptors (Lipinski definition) is 6. The van der Waals surface area contributed by atoms with Crippen LogP contribution in [0.15, 0.2) is 0 Å². The van der Waals surface area contributed by atoms with Gasteiger partial charge in [-0.3, -0.25) is 9.59 Å². The predicted molar refractivity (Wildman–Crippen MR) is 118 cm³/mol. The highest BCUT2D eigenvalue weighted by atomic mass is 79.9. The minimum atomic E-state index is -0.971. The maximum atomic E-state index is 13.3. The first-order chi connectivity index (χ1) is 13.5. The molecule has 0 aliphatic carbocycles. The van der Waals surface area contributed by atoms with E-state index in [1.165, 1.54) is 0 Å². The second-order valence-corrected chi connectivity index (χ2v) is 12.3. The molecule has 1 aliphatic heterocycles. The third-order valence-electron chi connectivity index (χ3n) is 6.41. The average molecular weight is 492 g/mol. The summed E-state index contributed by atoms with van der Waals surface area (Å²) in [6.07, 6.45) is 1.73. The molecular weight excluding hydrogens is 454 g/mol. The van der Waals surface area contributed by atoms with Crippen molar-refractivity contribution in [3.05, 3.63) is 0 Å². The molecule has 0 spiro atoms. The van der Waals surface area contributed by atoms with Gasteiger partial charge < -0.3 is 14.7 Å². The van der Waals surface area contributed by atoms with Crippen molar-refractivity contribution in [3.8, 4) is 0 Å². The first kappa shape index (κ1) is 26.9. The lowest BCUT2D eigenvalue weighted by Gasteiger charge is -2.45. The molecule has 8 heteroatoms. The van der Waals surface area contributed by atoms with E-state index in [1.807, 2.05) is 34.6 Å². The summed E-state index contributed by atoms with van der Waals surface area (Å²) < 4.78 is 5.15. The van der Waals surface area contributed by atoms with Crippen molar-refractivity contribution in [1.29, 1.82) is 0 Å². The lowest BCUT2D eigenvalue weighted by Crippen LogP contribution is -2.51. The molecular formula is C22H38BrNO6. The summed E-state index contributed by atoms with van der Waals surface area (Å²) in [6.45, 7) is 15.1. The van der Waals surface area contributed by atoms with E-state index in [-0.39, 0.29) is 12.5 Å². The maximum absolute atomic E-state index is 13.3. The van der Waals surface area contributed by atoms with Crippen LogP contribution in [-0.2, 0) is 24.0 Å². The van der Waals surface area contributed by atoms with Gasteiger partial charge in [0.1, 0.15) is 5.60 Å². The van der Waals surface area contributed by atoms with E-state index in [9.17, 15) is 19.5 Å². The van der Waals surface area contributed by atoms with Gasteiger partial charge in [0.15, 0.2) is 0 Å². The number of halogens is 1. The van der Waals surface area contributed by atoms with Crippen LogP contribution in [0.2, 0.25) is 0 Å². The summed E-state index contributed by atoms with van der Waals surface area (Å²) >= 11 is 3.65. The molecule has 30 heavy (non-hydrogen) atoms. The molecule has 1 rings (SSSR count). The second kappa shape index (κ2) is 9.55. The number of nitrogens with zero attached hydrogens (tertiary/aromatic N) is 1. The first-order valence-electron chi connectivity index (χ1n) is 10.5. The zero-order valence-corrected chi connectivity index (χ0v) is 21.2. The zero-order valence-electron chi connectivity index (χ0n) is 19.6. The normalized spacial score (nSPS) is 18.7. The Balaban J connectivity index is 3.05. The van der Waals surface area contributed by atoms with Crippen molar-refractivity contribution in [2.24, 2.45) is 16.7 Å². The molecule has 0 aromatic rings. The highest BCUT2D eigenvalue weighted by molar-refractivity contribution is 9.10. The fourth-order valence-electron chi connectivity index (χ4n) is 3.50. The summed E-state index contributed by atoms with van der Waals surface area (Å²) in [5.74, 6) is -1.63. The molecule has 1 N–H and O–H groups in total. The molecule has 2 unspecified atom stereocenters. The topological polar surface area (TPSA) is 93.1 Å². The number of amides is 1. The number of esters is 1. The van der Waals surface area contributed by atoms with Gasteiger partial charge in [0, 0.05) is 23.8 Å². The number of carbonyl (C=O) groups excluding carboxylic acids is 3. The fourth-order valence-corrected chi connectivity index (χ4v) is 3.80. The van der Waals surface area contributed by atoms with Gasteiger partial charge in [0.25, 0.3) is 5.91 Å². The highest BCUT2D eigenvalue weighted by Crippen LogP contribution is 2.50. The van der Waals surface area contributed by atoms with E-state index >= 15 is 0 Å². The Morgan fingerprint density at radius 1 is 1.17 bits per heavy atom. The number of carbonyl (C=O) groups is 3. The molecule has 1 saturated heterocycles. The smallest absolute Gasteiger partial charge is 0.335 e. The molecule has 0 bridgehead atoms. The van der Waals surface area contributed by atoms with Crippen molar-refractivity contribution in [3.63, 3.8) is 0 Å². The van der Waals surface area contributed by atoms with Crippen LogP contribution in [0.1, 0.15) is 81.1 Å². The van der Waals surface area contributed by atoms with E-state index in [0.717, 1.165) is 5.06 Å². The van der Waals surface area contributed by atoms with Gasteiger partial charge in [-0.2, -0.15) is 5.06 Å². The quantitative estimate of drug-likeness (QED) is 0.366. The van der Waals surface area contributed by atoms with Gasteiger partial charge in [-0.15, -0.1) is 0 Å². The van der Waals surface area contributed by atoms with Gasteiger partial charge in [0.2, 0.25) is 0 Å². The Morgan fingerprint density at radius 3 is 2.17 bits per heavy atom. The maximum Gasteiger partial charge on any atom is 0.335 e. The van der Waals surface area contributed by atoms with Crippen LogP contribution in [0.25, 0.3) is 0 Å². The lowest BCUT2D eigenvalue weighted by atomic mass is 9.64. The Bertz CT molecular complexity index is 655. The van der Waals surface area contributed by atoms with Gasteiger partial charge in [-0.05, 0) is 52.9 Å². The van der Waals surface area contributed by atoms with Crippen molar-refractivity contribution < 1.29 is 29.1 Å². The number of rotatable bonds is 10. The van der Waals surface area contributed by atoms with Gasteiger partial charge in [-0.25, -0.2) is 4.79 Å². The summed E-state index contributed by atoms with van der Waals surface area (Å²) in [7, 11) is 0. The third-order valence-corrected chi connectivity index (χ3v) is 7.29. The number of aliphatic hydroxyl groups excluding tert-OH is 1. The summed E-state index contributed by atoms with van der Waals surface area (Å²) in [4.78, 5) is 43.1. The van der Waals surface area contributed by atoms with Crippen molar-refractivity contribution >= 4 is 33.8 Å². The van der Waals surface area contributed by atoms with Gasteiger partial charge in [-0.1, -0.05) is 36.7 Å². The number of ether oxygens (including phenoxy) is 1. The molecule has 1 aliphatic rings. The van der Waals surface area contributed by atoms with E-state index in [1.54, 1.807) is 20.8 Å². The van der Waals surface area contributed by atoms with Crippen LogP contribution in [-0.4, -0.2) is 51.1 Å². The molecule has 2 atom stereocenters. The summed E-state index contributed by atoms with van der Waals surface area (Å²) in [5.41, 5.74) is -2.41. The largest absolute Gasteiger partial charge is 0.459 e. The fraction of sp³-hybridized carbons (Fsp3) is 0.864. The van der Waals surface area contributed by atoms with Crippen molar-refractivity contribution in [1.82, 2.24) is 5.06 Å². The van der Waals surface area contributed by atoms with Crippen molar-refractivity contribution in [2.75, 3.05) is 13.2 Å². The Kier molecular flexibility index (Phi) is 8.56. The molecule has 0 aromatic heterocycles. The Labute approximate surface area is 188 Å². The average Bonchev–Trinajstić information content (AvgIpc) is 2.96. The van der Waals surface area contributed by atoms with Crippen LogP contribution >= 0.6 is 15.9 Å². The first-order valence-corrected chi connectivity index (χ1v) is 11.3. The minimum Gasteiger partial charge on any atom is -0.459 e. The standard InChI is InChI=1S/C22H38BrNO6/c1-15(17(27)30-24-12-9-10-16(24)26)19(2,3)14-22(8,21(6,7)23)18(28)29-20(4,5)11-13-25/h15,25H,9-14H2,1-8H3. The van der Waals surface area contributed by atoms with E-state index in [4.69, 9.17) is 9.57 Å². The molecule has 1 heterocycles. The van der Waals surface area contributed by atoms with E-state index in [0.29, 0.717) is 32.2 Å². The van der Waals surface area contributed by atoms with Crippen LogP contribution in [0, 0.1) is 16.7 Å².